The fourth-order valence-electron chi connectivity index (χ4n) is 1.52. The van der Waals surface area contributed by atoms with Gasteiger partial charge in [0.15, 0.2) is 6.54 Å². The summed E-state index contributed by atoms with van der Waals surface area (Å²) in [5.41, 5.74) is 0.496. The highest BCUT2D eigenvalue weighted by atomic mass is 127. The number of halogens is 1. The van der Waals surface area contributed by atoms with Gasteiger partial charge in [0.25, 0.3) is 5.91 Å². The zero-order valence-electron chi connectivity index (χ0n) is 11.9. The topological polar surface area (TPSA) is 75.6 Å². The van der Waals surface area contributed by atoms with Gasteiger partial charge in [-0.15, -0.1) is 0 Å². The molecule has 0 spiro atoms. The van der Waals surface area contributed by atoms with Crippen LogP contribution in [0.5, 0.6) is 5.75 Å². The first-order valence-electron chi connectivity index (χ1n) is 5.74. The smallest absolute Gasteiger partial charge is 0.341 e. The number of hydrogen-bond acceptors (Lipinski definition) is 4. The minimum absolute atomic E-state index is 0. The Balaban J connectivity index is 0.00000361. The second-order valence-electron chi connectivity index (χ2n) is 5.22. The number of esters is 1. The number of aromatic hydroxyl groups is 1. The van der Waals surface area contributed by atoms with Gasteiger partial charge in [0, 0.05) is 11.8 Å². The molecule has 0 aliphatic carbocycles. The molecule has 20 heavy (non-hydrogen) atoms. The molecule has 0 atom stereocenters. The molecule has 0 bridgehead atoms. The minimum atomic E-state index is -0.623. The molecule has 0 aromatic heterocycles. The summed E-state index contributed by atoms with van der Waals surface area (Å²) in [5, 5.41) is 12.3. The lowest BCUT2D eigenvalue weighted by Gasteiger charge is -2.22. The van der Waals surface area contributed by atoms with Crippen LogP contribution in [0.15, 0.2) is 18.2 Å². The van der Waals surface area contributed by atoms with Crippen LogP contribution in [0.4, 0.5) is 5.69 Å². The van der Waals surface area contributed by atoms with Crippen molar-refractivity contribution in [3.8, 4) is 5.75 Å². The highest BCUT2D eigenvalue weighted by Crippen LogP contribution is 2.22. The van der Waals surface area contributed by atoms with Gasteiger partial charge in [0.05, 0.1) is 28.3 Å². The molecule has 0 heterocycles. The molecule has 7 heteroatoms. The summed E-state index contributed by atoms with van der Waals surface area (Å²) in [6.07, 6.45) is 0. The zero-order valence-corrected chi connectivity index (χ0v) is 14.1. The number of rotatable bonds is 4. The molecule has 0 saturated carbocycles. The number of carbonyl (C=O) groups excluding carboxylic acids is 2. The predicted octanol–water partition coefficient (Wildman–Crippen LogP) is -2.17. The number of phenols is 1. The molecule has 1 rings (SSSR count). The summed E-state index contributed by atoms with van der Waals surface area (Å²) < 4.78 is 5.01. The molecule has 1 aromatic rings. The molecule has 0 radical (unpaired) electrons. The van der Waals surface area contributed by atoms with Crippen LogP contribution in [-0.4, -0.2) is 56.3 Å². The van der Waals surface area contributed by atoms with Crippen molar-refractivity contribution >= 4 is 17.6 Å². The van der Waals surface area contributed by atoms with Crippen molar-refractivity contribution in [2.75, 3.05) is 40.1 Å². The number of quaternary nitrogens is 1. The molecule has 112 valence electrons. The number of ether oxygens (including phenoxy) is 1. The molecular weight excluding hydrogens is 375 g/mol. The third kappa shape index (κ3) is 5.74. The highest BCUT2D eigenvalue weighted by molar-refractivity contribution is 5.95. The van der Waals surface area contributed by atoms with Crippen molar-refractivity contribution in [3.63, 3.8) is 0 Å². The van der Waals surface area contributed by atoms with Gasteiger partial charge in [0.2, 0.25) is 0 Å². The molecule has 0 unspecified atom stereocenters. The molecule has 2 N–H and O–H groups in total. The lowest BCUT2D eigenvalue weighted by molar-refractivity contribution is -0.861. The molecule has 0 aliphatic rings. The van der Waals surface area contributed by atoms with Gasteiger partial charge in [-0.05, 0) is 12.1 Å². The van der Waals surface area contributed by atoms with E-state index in [1.165, 1.54) is 19.2 Å². The second-order valence-corrected chi connectivity index (χ2v) is 5.22. The number of anilines is 1. The van der Waals surface area contributed by atoms with E-state index in [9.17, 15) is 14.7 Å². The first-order valence-corrected chi connectivity index (χ1v) is 5.74. The van der Waals surface area contributed by atoms with E-state index in [-0.39, 0.29) is 41.2 Å². The highest BCUT2D eigenvalue weighted by Gasteiger charge is 2.16. The molecule has 0 fully saturated rings. The summed E-state index contributed by atoms with van der Waals surface area (Å²) >= 11 is 0. The number of benzene rings is 1. The fourth-order valence-corrected chi connectivity index (χ4v) is 1.52. The number of amides is 1. The number of nitrogens with one attached hydrogen (secondary N) is 1. The maximum Gasteiger partial charge on any atom is 0.341 e. The van der Waals surface area contributed by atoms with E-state index >= 15 is 0 Å². The Hall–Kier alpha value is -1.35. The van der Waals surface area contributed by atoms with Crippen molar-refractivity contribution in [1.29, 1.82) is 0 Å². The third-order valence-corrected chi connectivity index (χ3v) is 2.30. The van der Waals surface area contributed by atoms with Crippen LogP contribution in [0, 0.1) is 0 Å². The summed E-state index contributed by atoms with van der Waals surface area (Å²) in [5.74, 6) is -1.02. The van der Waals surface area contributed by atoms with Gasteiger partial charge in [-0.2, -0.15) is 0 Å². The first-order chi connectivity index (χ1) is 8.73. The van der Waals surface area contributed by atoms with Crippen LogP contribution in [0.25, 0.3) is 0 Å². The van der Waals surface area contributed by atoms with E-state index in [1.54, 1.807) is 6.07 Å². The average Bonchev–Trinajstić information content (AvgIpc) is 2.25. The molecular formula is C13H19IN2O4. The van der Waals surface area contributed by atoms with Gasteiger partial charge in [-0.1, -0.05) is 0 Å². The average molecular weight is 394 g/mol. The number of nitrogens with zero attached hydrogens (tertiary/aromatic N) is 1. The third-order valence-electron chi connectivity index (χ3n) is 2.30. The maximum atomic E-state index is 11.7. The zero-order chi connectivity index (χ0) is 14.6. The standard InChI is InChI=1S/C13H18N2O4.HI/c1-15(2,3)8-12(17)14-9-5-6-10(11(16)7-9)13(18)19-4;/h5-7H,8H2,1-4H3,(H-,14,16,17,18);1H. The van der Waals surface area contributed by atoms with E-state index < -0.39 is 5.97 Å². The van der Waals surface area contributed by atoms with E-state index in [2.05, 4.69) is 10.1 Å². The Morgan fingerprint density at radius 3 is 2.35 bits per heavy atom. The number of carbonyl (C=O) groups is 2. The summed E-state index contributed by atoms with van der Waals surface area (Å²) in [7, 11) is 6.94. The van der Waals surface area contributed by atoms with Crippen LogP contribution >= 0.6 is 0 Å². The Kier molecular flexibility index (Phi) is 6.94. The van der Waals surface area contributed by atoms with E-state index in [0.717, 1.165) is 0 Å². The Bertz CT molecular complexity index is 498. The molecule has 6 nitrogen and oxygen atoms in total. The second kappa shape index (κ2) is 7.44. The number of methoxy groups -OCH3 is 1. The van der Waals surface area contributed by atoms with E-state index in [4.69, 9.17) is 0 Å². The van der Waals surface area contributed by atoms with Crippen molar-refractivity contribution in [3.05, 3.63) is 23.8 Å². The van der Waals surface area contributed by atoms with Gasteiger partial charge in [0.1, 0.15) is 11.3 Å². The van der Waals surface area contributed by atoms with Crippen LogP contribution in [-0.2, 0) is 9.53 Å². The van der Waals surface area contributed by atoms with Crippen LogP contribution in [0.3, 0.4) is 0 Å². The Labute approximate surface area is 135 Å². The quantitative estimate of drug-likeness (QED) is 0.346. The van der Waals surface area contributed by atoms with Gasteiger partial charge >= 0.3 is 5.97 Å². The first kappa shape index (κ1) is 18.7. The summed E-state index contributed by atoms with van der Waals surface area (Å²) in [6.45, 7) is 0.305. The fraction of sp³-hybridized carbons (Fsp3) is 0.385. The number of hydrogen-bond donors (Lipinski definition) is 2. The lowest BCUT2D eigenvalue weighted by atomic mass is 10.2. The normalized spacial score (nSPS) is 10.4. The predicted molar refractivity (Wildman–Crippen MR) is 71.0 cm³/mol. The van der Waals surface area contributed by atoms with Crippen LogP contribution in [0.2, 0.25) is 0 Å². The van der Waals surface area contributed by atoms with Crippen LogP contribution in [0.1, 0.15) is 10.4 Å². The van der Waals surface area contributed by atoms with E-state index in [1.807, 2.05) is 21.1 Å². The Morgan fingerprint density at radius 1 is 1.30 bits per heavy atom. The summed E-state index contributed by atoms with van der Waals surface area (Å²) in [6, 6.07) is 4.27. The summed E-state index contributed by atoms with van der Waals surface area (Å²) in [4.78, 5) is 23.0. The van der Waals surface area contributed by atoms with Crippen molar-refractivity contribution in [2.24, 2.45) is 0 Å². The Morgan fingerprint density at radius 2 is 1.90 bits per heavy atom. The largest absolute Gasteiger partial charge is 1.00 e. The van der Waals surface area contributed by atoms with Crippen LogP contribution < -0.4 is 29.3 Å². The SMILES string of the molecule is COC(=O)c1ccc(NC(=O)C[N+](C)(C)C)cc1O.[I-]. The lowest BCUT2D eigenvalue weighted by Crippen LogP contribution is -3.00. The molecule has 1 amide bonds. The van der Waals surface area contributed by atoms with Gasteiger partial charge in [-0.25, -0.2) is 4.79 Å². The number of likely N-dealkylation sites (N-methyl/N-ethyl adjacent to an activating group) is 1. The molecule has 1 aromatic carbocycles. The molecule has 0 saturated heterocycles. The van der Waals surface area contributed by atoms with Gasteiger partial charge in [-0.3, -0.25) is 4.79 Å². The molecule has 0 aliphatic heterocycles. The number of phenolic OH excluding ortho intramolecular Hbond substituents is 1. The van der Waals surface area contributed by atoms with Crippen molar-refractivity contribution in [2.45, 2.75) is 0 Å². The monoisotopic (exact) mass is 394 g/mol. The van der Waals surface area contributed by atoms with Gasteiger partial charge < -0.3 is 43.6 Å². The van der Waals surface area contributed by atoms with E-state index in [0.29, 0.717) is 16.7 Å². The van der Waals surface area contributed by atoms with Crippen molar-refractivity contribution < 1.29 is 47.9 Å². The minimum Gasteiger partial charge on any atom is -1.00 e. The van der Waals surface area contributed by atoms with Crippen molar-refractivity contribution in [1.82, 2.24) is 0 Å². The maximum absolute atomic E-state index is 11.7.